The maximum atomic E-state index is 12.3. The third-order valence-corrected chi connectivity index (χ3v) is 4.51. The number of amides is 1. The quantitative estimate of drug-likeness (QED) is 0.451. The highest BCUT2D eigenvalue weighted by Crippen LogP contribution is 2.08. The number of likely N-dealkylation sites (N-methyl/N-ethyl adjacent to an activating group) is 1. The van der Waals surface area contributed by atoms with E-state index in [1.54, 1.807) is 0 Å². The van der Waals surface area contributed by atoms with E-state index in [4.69, 9.17) is 0 Å². The minimum Gasteiger partial charge on any atom is -0.357 e. The zero-order valence-electron chi connectivity index (χ0n) is 18.0. The first-order valence-electron chi connectivity index (χ1n) is 10.1. The molecule has 0 aromatic heterocycles. The Morgan fingerprint density at radius 2 is 1.83 bits per heavy atom. The van der Waals surface area contributed by atoms with Gasteiger partial charge in [-0.3, -0.25) is 4.79 Å². The highest BCUT2D eigenvalue weighted by molar-refractivity contribution is 5.94. The number of benzene rings is 2. The maximum Gasteiger partial charge on any atom is 0.251 e. The predicted octanol–water partition coefficient (Wildman–Crippen LogP) is 2.54. The first kappa shape index (κ1) is 22.4. The van der Waals surface area contributed by atoms with Gasteiger partial charge in [0.1, 0.15) is 0 Å². The van der Waals surface area contributed by atoms with Crippen LogP contribution in [0.4, 0.5) is 0 Å². The molecule has 2 aromatic carbocycles. The lowest BCUT2D eigenvalue weighted by molar-refractivity contribution is 0.0951. The topological polar surface area (TPSA) is 68.8 Å². The summed E-state index contributed by atoms with van der Waals surface area (Å²) >= 11 is 0. The van der Waals surface area contributed by atoms with E-state index in [0.717, 1.165) is 24.6 Å². The Morgan fingerprint density at radius 3 is 2.55 bits per heavy atom. The molecule has 0 saturated heterocycles. The number of nitrogens with one attached hydrogen (secondary N) is 3. The van der Waals surface area contributed by atoms with Crippen molar-refractivity contribution >= 4 is 11.9 Å². The number of hydrogen-bond acceptors (Lipinski definition) is 3. The second-order valence-electron chi connectivity index (χ2n) is 7.23. The van der Waals surface area contributed by atoms with Crippen LogP contribution in [0.25, 0.3) is 0 Å². The van der Waals surface area contributed by atoms with Gasteiger partial charge in [0.2, 0.25) is 0 Å². The van der Waals surface area contributed by atoms with E-state index in [1.807, 2.05) is 62.3 Å². The van der Waals surface area contributed by atoms with Crippen LogP contribution < -0.4 is 16.0 Å². The van der Waals surface area contributed by atoms with Crippen LogP contribution in [0, 0.1) is 6.92 Å². The van der Waals surface area contributed by atoms with Gasteiger partial charge < -0.3 is 20.9 Å². The van der Waals surface area contributed by atoms with Crippen molar-refractivity contribution in [1.82, 2.24) is 20.9 Å². The Balaban J connectivity index is 1.97. The number of aryl methyl sites for hydroxylation is 1. The predicted molar refractivity (Wildman–Crippen MR) is 120 cm³/mol. The van der Waals surface area contributed by atoms with Crippen LogP contribution in [0.1, 0.15) is 34.0 Å². The van der Waals surface area contributed by atoms with E-state index in [9.17, 15) is 4.79 Å². The number of guanidine groups is 1. The van der Waals surface area contributed by atoms with Crippen molar-refractivity contribution in [1.29, 1.82) is 0 Å². The Kier molecular flexibility index (Phi) is 9.18. The fourth-order valence-electron chi connectivity index (χ4n) is 2.81. The van der Waals surface area contributed by atoms with Crippen LogP contribution >= 0.6 is 0 Å². The molecule has 2 aromatic rings. The summed E-state index contributed by atoms with van der Waals surface area (Å²) in [6.45, 7) is 7.60. The smallest absolute Gasteiger partial charge is 0.251 e. The van der Waals surface area contributed by atoms with Crippen LogP contribution in [0.2, 0.25) is 0 Å². The summed E-state index contributed by atoms with van der Waals surface area (Å²) < 4.78 is 0. The Morgan fingerprint density at radius 1 is 1.03 bits per heavy atom. The standard InChI is InChI=1S/C23H33N5O/c1-5-24-23(27-17-21-11-7-6-9-18(21)2)26-16-19-10-8-12-20(15-19)22(29)25-13-14-28(3)4/h6-12,15H,5,13-14,16-17H2,1-4H3,(H,25,29)(H2,24,26,27). The molecule has 156 valence electrons. The number of nitrogens with zero attached hydrogens (tertiary/aromatic N) is 2. The summed E-state index contributed by atoms with van der Waals surface area (Å²) in [5.74, 6) is 0.707. The highest BCUT2D eigenvalue weighted by Gasteiger charge is 2.06. The third-order valence-electron chi connectivity index (χ3n) is 4.51. The van der Waals surface area contributed by atoms with E-state index >= 15 is 0 Å². The molecule has 1 amide bonds. The summed E-state index contributed by atoms with van der Waals surface area (Å²) in [5, 5.41) is 9.60. The molecular weight excluding hydrogens is 362 g/mol. The third kappa shape index (κ3) is 7.95. The fourth-order valence-corrected chi connectivity index (χ4v) is 2.81. The number of carbonyl (C=O) groups excluding carboxylic acids is 1. The van der Waals surface area contributed by atoms with Gasteiger partial charge in [0.15, 0.2) is 5.96 Å². The molecule has 6 nitrogen and oxygen atoms in total. The fraction of sp³-hybridized carbons (Fsp3) is 0.391. The summed E-state index contributed by atoms with van der Waals surface area (Å²) in [7, 11) is 3.97. The molecule has 29 heavy (non-hydrogen) atoms. The average Bonchev–Trinajstić information content (AvgIpc) is 2.71. The maximum absolute atomic E-state index is 12.3. The van der Waals surface area contributed by atoms with Gasteiger partial charge in [-0.1, -0.05) is 36.4 Å². The lowest BCUT2D eigenvalue weighted by Crippen LogP contribution is -2.36. The summed E-state index contributed by atoms with van der Waals surface area (Å²) in [6.07, 6.45) is 0. The molecule has 0 saturated carbocycles. The number of rotatable bonds is 9. The van der Waals surface area contributed by atoms with E-state index < -0.39 is 0 Å². The second-order valence-corrected chi connectivity index (χ2v) is 7.23. The molecule has 0 bridgehead atoms. The molecular formula is C23H33N5O. The van der Waals surface area contributed by atoms with Gasteiger partial charge in [-0.2, -0.15) is 0 Å². The van der Waals surface area contributed by atoms with Crippen LogP contribution in [0.3, 0.4) is 0 Å². The van der Waals surface area contributed by atoms with Crippen molar-refractivity contribution in [3.8, 4) is 0 Å². The molecule has 0 heterocycles. The molecule has 3 N–H and O–H groups in total. The molecule has 0 aliphatic rings. The number of aliphatic imine (C=N–C) groups is 1. The van der Waals surface area contributed by atoms with Gasteiger partial charge in [0.05, 0.1) is 6.54 Å². The Bertz CT molecular complexity index is 816. The number of hydrogen-bond donors (Lipinski definition) is 3. The van der Waals surface area contributed by atoms with Crippen molar-refractivity contribution < 1.29 is 4.79 Å². The summed E-state index contributed by atoms with van der Waals surface area (Å²) in [6, 6.07) is 15.9. The molecule has 0 aliphatic carbocycles. The molecule has 0 unspecified atom stereocenters. The van der Waals surface area contributed by atoms with Gasteiger partial charge in [0, 0.05) is 31.7 Å². The zero-order chi connectivity index (χ0) is 21.1. The first-order valence-corrected chi connectivity index (χ1v) is 10.1. The Labute approximate surface area is 174 Å². The molecule has 0 aliphatic heterocycles. The molecule has 2 rings (SSSR count). The van der Waals surface area contributed by atoms with E-state index in [-0.39, 0.29) is 5.91 Å². The van der Waals surface area contributed by atoms with E-state index in [1.165, 1.54) is 11.1 Å². The van der Waals surface area contributed by atoms with Crippen LogP contribution in [-0.2, 0) is 13.1 Å². The molecule has 0 radical (unpaired) electrons. The van der Waals surface area contributed by atoms with E-state index in [2.05, 4.69) is 40.0 Å². The van der Waals surface area contributed by atoms with Crippen LogP contribution in [0.15, 0.2) is 53.5 Å². The normalized spacial score (nSPS) is 11.4. The number of carbonyl (C=O) groups is 1. The summed E-state index contributed by atoms with van der Waals surface area (Å²) in [4.78, 5) is 19.0. The lowest BCUT2D eigenvalue weighted by atomic mass is 10.1. The largest absolute Gasteiger partial charge is 0.357 e. The molecule has 0 atom stereocenters. The minimum atomic E-state index is -0.0535. The van der Waals surface area contributed by atoms with Gasteiger partial charge >= 0.3 is 0 Å². The van der Waals surface area contributed by atoms with Crippen molar-refractivity contribution in [2.45, 2.75) is 26.9 Å². The first-order chi connectivity index (χ1) is 14.0. The van der Waals surface area contributed by atoms with Gasteiger partial charge in [-0.25, -0.2) is 4.99 Å². The van der Waals surface area contributed by atoms with E-state index in [0.29, 0.717) is 25.2 Å². The molecule has 0 spiro atoms. The van der Waals surface area contributed by atoms with Crippen molar-refractivity contribution in [2.75, 3.05) is 33.7 Å². The van der Waals surface area contributed by atoms with Gasteiger partial charge in [0.25, 0.3) is 5.91 Å². The van der Waals surface area contributed by atoms with Crippen molar-refractivity contribution in [3.63, 3.8) is 0 Å². The highest BCUT2D eigenvalue weighted by atomic mass is 16.1. The minimum absolute atomic E-state index is 0.0535. The molecule has 6 heteroatoms. The molecule has 0 fully saturated rings. The van der Waals surface area contributed by atoms with Gasteiger partial charge in [-0.15, -0.1) is 0 Å². The van der Waals surface area contributed by atoms with Crippen LogP contribution in [-0.4, -0.2) is 50.5 Å². The van der Waals surface area contributed by atoms with Crippen molar-refractivity contribution in [2.24, 2.45) is 4.99 Å². The zero-order valence-corrected chi connectivity index (χ0v) is 18.0. The lowest BCUT2D eigenvalue weighted by Gasteiger charge is -2.13. The monoisotopic (exact) mass is 395 g/mol. The van der Waals surface area contributed by atoms with Crippen molar-refractivity contribution in [3.05, 3.63) is 70.8 Å². The SMILES string of the molecule is CCNC(=NCc1cccc(C(=O)NCCN(C)C)c1)NCc1ccccc1C. The summed E-state index contributed by atoms with van der Waals surface area (Å²) in [5.41, 5.74) is 4.16. The van der Waals surface area contributed by atoms with Gasteiger partial charge in [-0.05, 0) is 56.8 Å². The van der Waals surface area contributed by atoms with Crippen LogP contribution in [0.5, 0.6) is 0 Å². The Hall–Kier alpha value is -2.86. The average molecular weight is 396 g/mol. The second kappa shape index (κ2) is 11.9.